The van der Waals surface area contributed by atoms with Crippen LogP contribution in [-0.2, 0) is 10.0 Å². The van der Waals surface area contributed by atoms with Gasteiger partial charge in [0, 0.05) is 18.7 Å². The Labute approximate surface area is 137 Å². The Hall–Kier alpha value is -1.65. The first kappa shape index (κ1) is 18.7. The van der Waals surface area contributed by atoms with E-state index in [4.69, 9.17) is 5.73 Å². The second-order valence-electron chi connectivity index (χ2n) is 5.58. The van der Waals surface area contributed by atoms with Gasteiger partial charge in [0.25, 0.3) is 5.91 Å². The normalized spacial score (nSPS) is 19.4. The van der Waals surface area contributed by atoms with E-state index in [0.29, 0.717) is 26.1 Å². The number of benzene rings is 1. The van der Waals surface area contributed by atoms with Crippen molar-refractivity contribution in [3.05, 3.63) is 29.8 Å². The molecule has 0 aromatic heterocycles. The summed E-state index contributed by atoms with van der Waals surface area (Å²) in [4.78, 5) is 11.6. The summed E-state index contributed by atoms with van der Waals surface area (Å²) in [6.45, 7) is -0.475. The van der Waals surface area contributed by atoms with Gasteiger partial charge in [-0.15, -0.1) is 0 Å². The van der Waals surface area contributed by atoms with Crippen LogP contribution in [0, 0.1) is 5.92 Å². The molecule has 1 aliphatic heterocycles. The van der Waals surface area contributed by atoms with Gasteiger partial charge in [0.2, 0.25) is 10.0 Å². The van der Waals surface area contributed by atoms with Crippen LogP contribution in [0.15, 0.2) is 29.2 Å². The van der Waals surface area contributed by atoms with Crippen LogP contribution < -0.4 is 11.1 Å². The van der Waals surface area contributed by atoms with Crippen LogP contribution in [0.25, 0.3) is 0 Å². The van der Waals surface area contributed by atoms with E-state index in [0.717, 1.165) is 6.07 Å². The van der Waals surface area contributed by atoms with Crippen molar-refractivity contribution in [1.82, 2.24) is 9.62 Å². The lowest BCUT2D eigenvalue weighted by atomic mass is 10.1. The van der Waals surface area contributed by atoms with Gasteiger partial charge in [-0.05, 0) is 37.1 Å². The number of alkyl halides is 3. The molecule has 6 nitrogen and oxygen atoms in total. The van der Waals surface area contributed by atoms with Crippen molar-refractivity contribution >= 4 is 15.9 Å². The molecule has 1 saturated heterocycles. The zero-order valence-electron chi connectivity index (χ0n) is 12.7. The van der Waals surface area contributed by atoms with Gasteiger partial charge in [-0.25, -0.2) is 8.42 Å². The van der Waals surface area contributed by atoms with Gasteiger partial charge in [-0.3, -0.25) is 4.79 Å². The van der Waals surface area contributed by atoms with Gasteiger partial charge >= 0.3 is 6.18 Å². The van der Waals surface area contributed by atoms with Crippen molar-refractivity contribution in [1.29, 1.82) is 0 Å². The standard InChI is InChI=1S/C14H18F3N3O3S/c15-14(16,17)9-19-13(21)11-2-1-3-12(6-11)24(22,23)20-5-4-10(7-18)8-20/h1-3,6,10H,4-5,7-9,18H2,(H,19,21). The summed E-state index contributed by atoms with van der Waals surface area (Å²) >= 11 is 0. The summed E-state index contributed by atoms with van der Waals surface area (Å²) in [6, 6.07) is 4.98. The second kappa shape index (κ2) is 7.08. The van der Waals surface area contributed by atoms with Crippen molar-refractivity contribution in [3.63, 3.8) is 0 Å². The number of halogens is 3. The Morgan fingerprint density at radius 1 is 1.38 bits per heavy atom. The number of carbonyl (C=O) groups is 1. The molecule has 0 aliphatic carbocycles. The zero-order chi connectivity index (χ0) is 18.0. The third kappa shape index (κ3) is 4.46. The number of hydrogen-bond acceptors (Lipinski definition) is 4. The maximum Gasteiger partial charge on any atom is 0.405 e. The topological polar surface area (TPSA) is 92.5 Å². The summed E-state index contributed by atoms with van der Waals surface area (Å²) in [5.41, 5.74) is 5.40. The number of carbonyl (C=O) groups excluding carboxylic acids is 1. The molecule has 0 radical (unpaired) electrons. The highest BCUT2D eigenvalue weighted by atomic mass is 32.2. The van der Waals surface area contributed by atoms with E-state index >= 15 is 0 Å². The number of hydrogen-bond donors (Lipinski definition) is 2. The van der Waals surface area contributed by atoms with Crippen LogP contribution in [0.2, 0.25) is 0 Å². The SMILES string of the molecule is NCC1CCN(S(=O)(=O)c2cccc(C(=O)NCC(F)(F)F)c2)C1. The van der Waals surface area contributed by atoms with Crippen molar-refractivity contribution in [2.45, 2.75) is 17.5 Å². The van der Waals surface area contributed by atoms with Crippen molar-refractivity contribution in [2.75, 3.05) is 26.2 Å². The highest BCUT2D eigenvalue weighted by molar-refractivity contribution is 7.89. The summed E-state index contributed by atoms with van der Waals surface area (Å²) in [7, 11) is -3.81. The van der Waals surface area contributed by atoms with Crippen molar-refractivity contribution < 1.29 is 26.4 Å². The molecule has 1 amide bonds. The molecule has 0 spiro atoms. The molecule has 1 heterocycles. The fraction of sp³-hybridized carbons (Fsp3) is 0.500. The average molecular weight is 365 g/mol. The number of amides is 1. The van der Waals surface area contributed by atoms with E-state index in [-0.39, 0.29) is 16.4 Å². The molecule has 1 atom stereocenters. The number of sulfonamides is 1. The number of nitrogens with two attached hydrogens (primary N) is 1. The lowest BCUT2D eigenvalue weighted by Gasteiger charge is -2.17. The molecule has 1 aromatic rings. The minimum Gasteiger partial charge on any atom is -0.343 e. The molecule has 1 unspecified atom stereocenters. The van der Waals surface area contributed by atoms with Crippen molar-refractivity contribution in [2.24, 2.45) is 11.7 Å². The van der Waals surface area contributed by atoms with Crippen LogP contribution in [-0.4, -0.2) is 51.0 Å². The molecule has 2 rings (SSSR count). The van der Waals surface area contributed by atoms with Crippen LogP contribution in [0.4, 0.5) is 13.2 Å². The molecule has 134 valence electrons. The third-order valence-corrected chi connectivity index (χ3v) is 5.63. The quantitative estimate of drug-likeness (QED) is 0.813. The van der Waals surface area contributed by atoms with E-state index in [9.17, 15) is 26.4 Å². The Morgan fingerprint density at radius 3 is 2.67 bits per heavy atom. The molecule has 1 aliphatic rings. The molecule has 1 aromatic carbocycles. The summed E-state index contributed by atoms with van der Waals surface area (Å²) in [5.74, 6) is -0.899. The van der Waals surface area contributed by atoms with Gasteiger partial charge in [0.15, 0.2) is 0 Å². The maximum absolute atomic E-state index is 12.6. The number of nitrogens with zero attached hydrogens (tertiary/aromatic N) is 1. The molecule has 0 bridgehead atoms. The Kier molecular flexibility index (Phi) is 5.51. The van der Waals surface area contributed by atoms with E-state index in [1.54, 1.807) is 5.32 Å². The largest absolute Gasteiger partial charge is 0.405 e. The van der Waals surface area contributed by atoms with Gasteiger partial charge < -0.3 is 11.1 Å². The summed E-state index contributed by atoms with van der Waals surface area (Å²) in [6.07, 6.45) is -3.88. The van der Waals surface area contributed by atoms with E-state index < -0.39 is 28.7 Å². The zero-order valence-corrected chi connectivity index (χ0v) is 13.5. The highest BCUT2D eigenvalue weighted by Gasteiger charge is 2.32. The average Bonchev–Trinajstić information content (AvgIpc) is 3.02. The predicted octanol–water partition coefficient (Wildman–Crippen LogP) is 0.948. The molecular weight excluding hydrogens is 347 g/mol. The third-order valence-electron chi connectivity index (χ3n) is 3.77. The van der Waals surface area contributed by atoms with Crippen molar-refractivity contribution in [3.8, 4) is 0 Å². The predicted molar refractivity (Wildman–Crippen MR) is 80.8 cm³/mol. The van der Waals surface area contributed by atoms with E-state index in [2.05, 4.69) is 0 Å². The van der Waals surface area contributed by atoms with E-state index in [1.807, 2.05) is 0 Å². The smallest absolute Gasteiger partial charge is 0.343 e. The fourth-order valence-electron chi connectivity index (χ4n) is 2.44. The molecule has 24 heavy (non-hydrogen) atoms. The molecule has 10 heteroatoms. The van der Waals surface area contributed by atoms with Crippen LogP contribution in [0.3, 0.4) is 0 Å². The monoisotopic (exact) mass is 365 g/mol. The Balaban J connectivity index is 2.16. The first-order valence-corrected chi connectivity index (χ1v) is 8.73. The van der Waals surface area contributed by atoms with Gasteiger partial charge in [0.1, 0.15) is 6.54 Å². The van der Waals surface area contributed by atoms with E-state index in [1.165, 1.54) is 22.5 Å². The highest BCUT2D eigenvalue weighted by Crippen LogP contribution is 2.24. The first-order chi connectivity index (χ1) is 11.1. The minimum absolute atomic E-state index is 0.0815. The van der Waals surface area contributed by atoms with Crippen LogP contribution in [0.1, 0.15) is 16.8 Å². The van der Waals surface area contributed by atoms with Crippen LogP contribution in [0.5, 0.6) is 0 Å². The fourth-order valence-corrected chi connectivity index (χ4v) is 4.01. The Morgan fingerprint density at radius 2 is 2.08 bits per heavy atom. The second-order valence-corrected chi connectivity index (χ2v) is 7.52. The number of nitrogens with one attached hydrogen (secondary N) is 1. The summed E-state index contributed by atoms with van der Waals surface area (Å²) < 4.78 is 62.8. The summed E-state index contributed by atoms with van der Waals surface area (Å²) in [5, 5.41) is 1.71. The Bertz CT molecular complexity index is 707. The molecule has 3 N–H and O–H groups in total. The lowest BCUT2D eigenvalue weighted by Crippen LogP contribution is -2.34. The minimum atomic E-state index is -4.54. The lowest BCUT2D eigenvalue weighted by molar-refractivity contribution is -0.123. The van der Waals surface area contributed by atoms with Crippen LogP contribution >= 0.6 is 0 Å². The van der Waals surface area contributed by atoms with Gasteiger partial charge in [-0.1, -0.05) is 6.07 Å². The molecule has 1 fully saturated rings. The molecular formula is C14H18F3N3O3S. The van der Waals surface area contributed by atoms with Gasteiger partial charge in [-0.2, -0.15) is 17.5 Å². The maximum atomic E-state index is 12.6. The first-order valence-electron chi connectivity index (χ1n) is 7.29. The van der Waals surface area contributed by atoms with Gasteiger partial charge in [0.05, 0.1) is 4.90 Å². The molecule has 0 saturated carbocycles. The number of rotatable bonds is 5.